The lowest BCUT2D eigenvalue weighted by Gasteiger charge is -2.28. The van der Waals surface area contributed by atoms with Crippen molar-refractivity contribution in [3.8, 4) is 0 Å². The number of carboxylic acids is 1. The Morgan fingerprint density at radius 2 is 1.17 bits per heavy atom. The highest BCUT2D eigenvalue weighted by Gasteiger charge is 2.36. The van der Waals surface area contributed by atoms with Crippen molar-refractivity contribution in [2.24, 2.45) is 29.0 Å². The van der Waals surface area contributed by atoms with Crippen LogP contribution in [0.5, 0.6) is 0 Å². The maximum absolute atomic E-state index is 13.3. The fourth-order valence-electron chi connectivity index (χ4n) is 4.75. The van der Waals surface area contributed by atoms with Crippen LogP contribution in [0.1, 0.15) is 80.1 Å². The summed E-state index contributed by atoms with van der Waals surface area (Å²) < 4.78 is 0. The number of hydrogen-bond acceptors (Lipinski definition) is 12. The third-order valence-corrected chi connectivity index (χ3v) is 8.07. The second-order valence-corrected chi connectivity index (χ2v) is 13.2. The monoisotopic (exact) mass is 745 g/mol. The van der Waals surface area contributed by atoms with Crippen molar-refractivity contribution in [3.05, 3.63) is 0 Å². The molecule has 0 radical (unpaired) electrons. The summed E-state index contributed by atoms with van der Waals surface area (Å²) >= 11 is 0. The van der Waals surface area contributed by atoms with Gasteiger partial charge >= 0.3 is 5.97 Å². The van der Waals surface area contributed by atoms with Crippen molar-refractivity contribution in [2.75, 3.05) is 13.1 Å². The number of carbonyl (C=O) groups excluding carboxylic acids is 7. The minimum atomic E-state index is -1.78. The zero-order valence-electron chi connectivity index (χ0n) is 30.8. The average molecular weight is 746 g/mol. The highest BCUT2D eigenvalue weighted by molar-refractivity contribution is 5.98. The summed E-state index contributed by atoms with van der Waals surface area (Å²) in [6, 6.07) is -8.73. The van der Waals surface area contributed by atoms with E-state index in [0.29, 0.717) is 19.3 Å². The predicted octanol–water partition coefficient (Wildman–Crippen LogP) is -4.20. The molecule has 52 heavy (non-hydrogen) atoms. The number of rotatable bonds is 25. The molecular formula is C32H59N9O11. The normalized spacial score (nSPS) is 16.4. The van der Waals surface area contributed by atoms with E-state index in [1.165, 1.54) is 0 Å². The van der Waals surface area contributed by atoms with Gasteiger partial charge in [-0.2, -0.15) is 0 Å². The molecule has 0 spiro atoms. The van der Waals surface area contributed by atoms with Crippen LogP contribution in [-0.4, -0.2) is 124 Å². The lowest BCUT2D eigenvalue weighted by molar-refractivity contribution is -0.143. The topological polar surface area (TPSA) is 347 Å². The number of nitrogens with one attached hydrogen (secondary N) is 6. The molecule has 0 aliphatic rings. The predicted molar refractivity (Wildman–Crippen MR) is 187 cm³/mol. The van der Waals surface area contributed by atoms with Crippen LogP contribution in [0, 0.1) is 11.8 Å². The van der Waals surface area contributed by atoms with Crippen molar-refractivity contribution in [3.63, 3.8) is 0 Å². The molecule has 15 N–H and O–H groups in total. The van der Waals surface area contributed by atoms with E-state index in [-0.39, 0.29) is 31.2 Å². The molecule has 0 aromatic rings. The molecule has 7 amide bonds. The van der Waals surface area contributed by atoms with E-state index in [2.05, 4.69) is 31.9 Å². The Labute approximate surface area is 303 Å². The van der Waals surface area contributed by atoms with Gasteiger partial charge in [0.1, 0.15) is 30.2 Å². The molecule has 20 heteroatoms. The molecule has 0 saturated heterocycles. The smallest absolute Gasteiger partial charge is 0.326 e. The molecule has 0 saturated carbocycles. The van der Waals surface area contributed by atoms with E-state index in [1.807, 2.05) is 6.92 Å². The highest BCUT2D eigenvalue weighted by Crippen LogP contribution is 2.08. The maximum Gasteiger partial charge on any atom is 0.326 e. The third-order valence-electron chi connectivity index (χ3n) is 8.07. The second kappa shape index (κ2) is 24.0. The number of unbranched alkanes of at least 4 members (excludes halogenated alkanes) is 1. The van der Waals surface area contributed by atoms with Gasteiger partial charge in [0.15, 0.2) is 0 Å². The minimum Gasteiger partial charge on any atom is -0.480 e. The van der Waals surface area contributed by atoms with E-state index in [9.17, 15) is 53.7 Å². The Morgan fingerprint density at radius 1 is 0.673 bits per heavy atom. The number of amides is 7. The van der Waals surface area contributed by atoms with Crippen LogP contribution in [-0.2, 0) is 38.4 Å². The number of primary amides is 1. The van der Waals surface area contributed by atoms with Crippen LogP contribution in [0.2, 0.25) is 0 Å². The first-order valence-electron chi connectivity index (χ1n) is 17.3. The Balaban J connectivity index is 5.96. The van der Waals surface area contributed by atoms with Gasteiger partial charge < -0.3 is 64.4 Å². The SMILES string of the molecule is CC[C@H](C)[C@H](N)C(=O)NCC(=O)N[C@@H](CCCCN)C(=O)N[C@H](C(=O)N[C@@H](CC(N)=O)C(=O)N[C@H](C(=O)N[C@@H](CC(C)C)C(=O)O)[C@@H](C)O)[C@@H](C)O. The van der Waals surface area contributed by atoms with Gasteiger partial charge in [0.05, 0.1) is 31.2 Å². The van der Waals surface area contributed by atoms with Gasteiger partial charge in [-0.25, -0.2) is 4.79 Å². The van der Waals surface area contributed by atoms with Gasteiger partial charge in [-0.3, -0.25) is 33.6 Å². The summed E-state index contributed by atoms with van der Waals surface area (Å²) in [5.74, 6) is -8.33. The summed E-state index contributed by atoms with van der Waals surface area (Å²) in [7, 11) is 0. The van der Waals surface area contributed by atoms with Gasteiger partial charge in [-0.1, -0.05) is 34.1 Å². The van der Waals surface area contributed by atoms with E-state index >= 15 is 0 Å². The number of aliphatic hydroxyl groups excluding tert-OH is 2. The number of aliphatic carboxylic acids is 1. The molecule has 0 aromatic heterocycles. The fraction of sp³-hybridized carbons (Fsp3) is 0.750. The molecule has 0 heterocycles. The van der Waals surface area contributed by atoms with Gasteiger partial charge in [0, 0.05) is 0 Å². The zero-order chi connectivity index (χ0) is 40.3. The molecule has 0 aliphatic carbocycles. The molecule has 20 nitrogen and oxygen atoms in total. The molecule has 0 aliphatic heterocycles. The lowest BCUT2D eigenvalue weighted by Crippen LogP contribution is -2.62. The molecule has 298 valence electrons. The molecule has 0 bridgehead atoms. The van der Waals surface area contributed by atoms with Crippen molar-refractivity contribution in [2.45, 2.75) is 129 Å². The number of carbonyl (C=O) groups is 8. The maximum atomic E-state index is 13.3. The Bertz CT molecular complexity index is 1230. The molecular weight excluding hydrogens is 686 g/mol. The van der Waals surface area contributed by atoms with E-state index in [1.54, 1.807) is 20.8 Å². The van der Waals surface area contributed by atoms with Crippen LogP contribution in [0.3, 0.4) is 0 Å². The van der Waals surface area contributed by atoms with Crippen LogP contribution >= 0.6 is 0 Å². The minimum absolute atomic E-state index is 0.0373. The van der Waals surface area contributed by atoms with Gasteiger partial charge in [-0.05, 0) is 57.9 Å². The number of nitrogens with two attached hydrogens (primary N) is 3. The van der Waals surface area contributed by atoms with Crippen LogP contribution in [0.15, 0.2) is 0 Å². The van der Waals surface area contributed by atoms with Crippen molar-refractivity contribution in [1.29, 1.82) is 0 Å². The Kier molecular flexibility index (Phi) is 21.9. The molecule has 0 aromatic carbocycles. The number of hydrogen-bond donors (Lipinski definition) is 12. The highest BCUT2D eigenvalue weighted by atomic mass is 16.4. The molecule has 9 atom stereocenters. The number of carboxylic acid groups (broad SMARTS) is 1. The van der Waals surface area contributed by atoms with Crippen LogP contribution in [0.25, 0.3) is 0 Å². The summed E-state index contributed by atoms with van der Waals surface area (Å²) in [5, 5.41) is 43.9. The third kappa shape index (κ3) is 17.7. The zero-order valence-corrected chi connectivity index (χ0v) is 30.8. The molecule has 0 fully saturated rings. The fourth-order valence-corrected chi connectivity index (χ4v) is 4.75. The summed E-state index contributed by atoms with van der Waals surface area (Å²) in [4.78, 5) is 101. The van der Waals surface area contributed by atoms with Crippen molar-refractivity contribution >= 4 is 47.3 Å². The van der Waals surface area contributed by atoms with Crippen LogP contribution in [0.4, 0.5) is 0 Å². The van der Waals surface area contributed by atoms with Crippen LogP contribution < -0.4 is 49.1 Å². The Morgan fingerprint density at radius 3 is 1.60 bits per heavy atom. The standard InChI is InChI=1S/C32H59N9O11/c1-7-16(4)24(35)29(48)36-14-23(45)37-19(10-8-9-11-33)27(46)40-25(17(5)42)30(49)38-20(13-22(34)44)28(47)41-26(18(6)43)31(50)39-21(32(51)52)12-15(2)3/h15-21,24-26,42-43H,7-14,33,35H2,1-6H3,(H2,34,44)(H,36,48)(H,37,45)(H,38,49)(H,39,50)(H,40,46)(H,41,47)(H,51,52)/t16-,17+,18+,19-,20-,21-,24-,25-,26-/m0/s1. The van der Waals surface area contributed by atoms with Crippen molar-refractivity contribution in [1.82, 2.24) is 31.9 Å². The first kappa shape index (κ1) is 47.6. The lowest BCUT2D eigenvalue weighted by atomic mass is 9.99. The van der Waals surface area contributed by atoms with Crippen molar-refractivity contribution < 1.29 is 53.7 Å². The van der Waals surface area contributed by atoms with Gasteiger partial charge in [-0.15, -0.1) is 0 Å². The summed E-state index contributed by atoms with van der Waals surface area (Å²) in [6.07, 6.45) is -2.41. The first-order valence-corrected chi connectivity index (χ1v) is 17.3. The summed E-state index contributed by atoms with van der Waals surface area (Å²) in [6.45, 7) is 9.14. The summed E-state index contributed by atoms with van der Waals surface area (Å²) in [5.41, 5.74) is 16.7. The van der Waals surface area contributed by atoms with Gasteiger partial charge in [0.25, 0.3) is 0 Å². The first-order chi connectivity index (χ1) is 24.2. The molecule has 0 unspecified atom stereocenters. The average Bonchev–Trinajstić information content (AvgIpc) is 3.05. The number of aliphatic hydroxyl groups is 2. The van der Waals surface area contributed by atoms with E-state index < -0.39 is 109 Å². The largest absolute Gasteiger partial charge is 0.480 e. The van der Waals surface area contributed by atoms with E-state index in [4.69, 9.17) is 17.2 Å². The van der Waals surface area contributed by atoms with Gasteiger partial charge in [0.2, 0.25) is 41.4 Å². The quantitative estimate of drug-likeness (QED) is 0.0395. The Hall–Kier alpha value is -4.40. The molecule has 0 rings (SSSR count). The second-order valence-electron chi connectivity index (χ2n) is 13.2. The van der Waals surface area contributed by atoms with E-state index in [0.717, 1.165) is 13.8 Å².